The first-order valence-corrected chi connectivity index (χ1v) is 8.08. The molecule has 1 unspecified atom stereocenters. The lowest BCUT2D eigenvalue weighted by Crippen LogP contribution is -2.08. The van der Waals surface area contributed by atoms with Gasteiger partial charge in [-0.3, -0.25) is 0 Å². The van der Waals surface area contributed by atoms with Gasteiger partial charge in [0.2, 0.25) is 0 Å². The predicted octanol–water partition coefficient (Wildman–Crippen LogP) is 5.49. The van der Waals surface area contributed by atoms with Gasteiger partial charge in [0.1, 0.15) is 5.75 Å². The lowest BCUT2D eigenvalue weighted by Gasteiger charge is -2.24. The van der Waals surface area contributed by atoms with Gasteiger partial charge in [0.15, 0.2) is 0 Å². The van der Waals surface area contributed by atoms with E-state index in [0.29, 0.717) is 4.83 Å². The van der Waals surface area contributed by atoms with Crippen LogP contribution in [0.4, 0.5) is 0 Å². The Hall–Kier alpha value is -0.500. The van der Waals surface area contributed by atoms with Crippen LogP contribution in [0, 0.1) is 5.92 Å². The van der Waals surface area contributed by atoms with Gasteiger partial charge in [0, 0.05) is 4.83 Å². The van der Waals surface area contributed by atoms with E-state index in [-0.39, 0.29) is 0 Å². The Morgan fingerprint density at radius 2 is 1.83 bits per heavy atom. The highest BCUT2D eigenvalue weighted by molar-refractivity contribution is 9.09. The van der Waals surface area contributed by atoms with Crippen LogP contribution in [0.1, 0.15) is 55.8 Å². The molecule has 0 N–H and O–H groups in total. The quantitative estimate of drug-likeness (QED) is 0.653. The first-order chi connectivity index (χ1) is 8.79. The summed E-state index contributed by atoms with van der Waals surface area (Å²) in [7, 11) is 0. The third kappa shape index (κ3) is 4.01. The SMILES string of the molecule is CCOc1ccc(C(Br)CC2CCCCC2)cc1. The molecule has 1 aliphatic rings. The van der Waals surface area contributed by atoms with Crippen molar-refractivity contribution >= 4 is 15.9 Å². The molecule has 0 aromatic heterocycles. The van der Waals surface area contributed by atoms with Gasteiger partial charge in [-0.05, 0) is 37.0 Å². The lowest BCUT2D eigenvalue weighted by atomic mass is 9.85. The number of ether oxygens (including phenoxy) is 1. The summed E-state index contributed by atoms with van der Waals surface area (Å²) in [6.07, 6.45) is 8.39. The van der Waals surface area contributed by atoms with Crippen LogP contribution >= 0.6 is 15.9 Å². The molecule has 100 valence electrons. The smallest absolute Gasteiger partial charge is 0.119 e. The second kappa shape index (κ2) is 7.18. The number of alkyl halides is 1. The van der Waals surface area contributed by atoms with E-state index in [1.807, 2.05) is 6.92 Å². The van der Waals surface area contributed by atoms with Crippen LogP contribution in [-0.4, -0.2) is 6.61 Å². The van der Waals surface area contributed by atoms with Crippen molar-refractivity contribution < 1.29 is 4.74 Å². The molecule has 1 atom stereocenters. The normalized spacial score (nSPS) is 18.6. The average molecular weight is 311 g/mol. The molecule has 0 heterocycles. The van der Waals surface area contributed by atoms with Crippen molar-refractivity contribution in [3.05, 3.63) is 29.8 Å². The molecule has 2 rings (SSSR count). The summed E-state index contributed by atoms with van der Waals surface area (Å²) in [6.45, 7) is 2.75. The molecule has 0 radical (unpaired) electrons. The van der Waals surface area contributed by atoms with Gasteiger partial charge in [-0.25, -0.2) is 0 Å². The molecule has 1 fully saturated rings. The standard InChI is InChI=1S/C16H23BrO/c1-2-18-15-10-8-14(9-11-15)16(17)12-13-6-4-3-5-7-13/h8-11,13,16H,2-7,12H2,1H3. The Kier molecular flexibility index (Phi) is 5.55. The molecule has 1 saturated carbocycles. The maximum atomic E-state index is 5.48. The van der Waals surface area contributed by atoms with Crippen LogP contribution in [-0.2, 0) is 0 Å². The summed E-state index contributed by atoms with van der Waals surface area (Å²) in [6, 6.07) is 8.53. The third-order valence-electron chi connectivity index (χ3n) is 3.82. The maximum absolute atomic E-state index is 5.48. The molecule has 18 heavy (non-hydrogen) atoms. The molecule has 0 bridgehead atoms. The maximum Gasteiger partial charge on any atom is 0.119 e. The number of rotatable bonds is 5. The highest BCUT2D eigenvalue weighted by Gasteiger charge is 2.18. The highest BCUT2D eigenvalue weighted by atomic mass is 79.9. The van der Waals surface area contributed by atoms with Gasteiger partial charge in [-0.1, -0.05) is 60.2 Å². The van der Waals surface area contributed by atoms with E-state index in [9.17, 15) is 0 Å². The van der Waals surface area contributed by atoms with Crippen molar-refractivity contribution in [2.75, 3.05) is 6.61 Å². The van der Waals surface area contributed by atoms with Crippen molar-refractivity contribution in [3.63, 3.8) is 0 Å². The number of hydrogen-bond donors (Lipinski definition) is 0. The van der Waals surface area contributed by atoms with Crippen molar-refractivity contribution in [2.24, 2.45) is 5.92 Å². The summed E-state index contributed by atoms with van der Waals surface area (Å²) in [4.78, 5) is 0.497. The third-order valence-corrected chi connectivity index (χ3v) is 4.72. The molecule has 0 aliphatic heterocycles. The van der Waals surface area contributed by atoms with E-state index in [1.165, 1.54) is 44.1 Å². The van der Waals surface area contributed by atoms with Crippen LogP contribution in [0.15, 0.2) is 24.3 Å². The fraction of sp³-hybridized carbons (Fsp3) is 0.625. The van der Waals surface area contributed by atoms with E-state index in [0.717, 1.165) is 18.3 Å². The Labute approximate surface area is 119 Å². The molecule has 0 spiro atoms. The number of benzene rings is 1. The zero-order valence-corrected chi connectivity index (χ0v) is 12.8. The van der Waals surface area contributed by atoms with Crippen molar-refractivity contribution in [3.8, 4) is 5.75 Å². The number of halogens is 1. The Bertz CT molecular complexity index is 341. The van der Waals surface area contributed by atoms with Crippen LogP contribution < -0.4 is 4.74 Å². The molecule has 1 aromatic rings. The minimum atomic E-state index is 0.497. The van der Waals surface area contributed by atoms with Gasteiger partial charge in [-0.2, -0.15) is 0 Å². The fourth-order valence-electron chi connectivity index (χ4n) is 2.79. The van der Waals surface area contributed by atoms with Crippen LogP contribution in [0.5, 0.6) is 5.75 Å². The van der Waals surface area contributed by atoms with E-state index < -0.39 is 0 Å². The monoisotopic (exact) mass is 310 g/mol. The minimum Gasteiger partial charge on any atom is -0.494 e. The van der Waals surface area contributed by atoms with Gasteiger partial charge in [-0.15, -0.1) is 0 Å². The molecule has 1 nitrogen and oxygen atoms in total. The van der Waals surface area contributed by atoms with Gasteiger partial charge in [0.25, 0.3) is 0 Å². The Balaban J connectivity index is 1.89. The molecule has 0 amide bonds. The molecule has 1 aliphatic carbocycles. The average Bonchev–Trinajstić information content (AvgIpc) is 2.41. The van der Waals surface area contributed by atoms with Crippen molar-refractivity contribution in [1.82, 2.24) is 0 Å². The Morgan fingerprint density at radius 1 is 1.17 bits per heavy atom. The highest BCUT2D eigenvalue weighted by Crippen LogP contribution is 2.36. The van der Waals surface area contributed by atoms with Crippen LogP contribution in [0.3, 0.4) is 0 Å². The molecule has 2 heteroatoms. The summed E-state index contributed by atoms with van der Waals surface area (Å²) in [5.74, 6) is 1.88. The van der Waals surface area contributed by atoms with Crippen molar-refractivity contribution in [2.45, 2.75) is 50.3 Å². The first kappa shape index (κ1) is 13.9. The second-order valence-corrected chi connectivity index (χ2v) is 6.31. The van der Waals surface area contributed by atoms with E-state index in [1.54, 1.807) is 0 Å². The van der Waals surface area contributed by atoms with E-state index >= 15 is 0 Å². The molecule has 1 aromatic carbocycles. The largest absolute Gasteiger partial charge is 0.494 e. The first-order valence-electron chi connectivity index (χ1n) is 7.16. The van der Waals surface area contributed by atoms with Crippen LogP contribution in [0.25, 0.3) is 0 Å². The van der Waals surface area contributed by atoms with Gasteiger partial charge in [0.05, 0.1) is 6.61 Å². The summed E-state index contributed by atoms with van der Waals surface area (Å²) >= 11 is 3.84. The second-order valence-electron chi connectivity index (χ2n) is 5.21. The minimum absolute atomic E-state index is 0.497. The van der Waals surface area contributed by atoms with Crippen molar-refractivity contribution in [1.29, 1.82) is 0 Å². The number of hydrogen-bond acceptors (Lipinski definition) is 1. The van der Waals surface area contributed by atoms with E-state index in [4.69, 9.17) is 4.74 Å². The summed E-state index contributed by atoms with van der Waals surface area (Å²) in [5.41, 5.74) is 1.38. The fourth-order valence-corrected chi connectivity index (χ4v) is 3.63. The zero-order valence-electron chi connectivity index (χ0n) is 11.2. The van der Waals surface area contributed by atoms with Gasteiger partial charge >= 0.3 is 0 Å². The van der Waals surface area contributed by atoms with Gasteiger partial charge < -0.3 is 4.74 Å². The predicted molar refractivity (Wildman–Crippen MR) is 80.5 cm³/mol. The molecular weight excluding hydrogens is 288 g/mol. The molecule has 0 saturated heterocycles. The zero-order chi connectivity index (χ0) is 12.8. The Morgan fingerprint density at radius 3 is 2.44 bits per heavy atom. The lowest BCUT2D eigenvalue weighted by molar-refractivity contribution is 0.337. The van der Waals surface area contributed by atoms with E-state index in [2.05, 4.69) is 40.2 Å². The topological polar surface area (TPSA) is 9.23 Å². The molecular formula is C16H23BrO. The summed E-state index contributed by atoms with van der Waals surface area (Å²) in [5, 5.41) is 0. The summed E-state index contributed by atoms with van der Waals surface area (Å²) < 4.78 is 5.48. The van der Waals surface area contributed by atoms with Crippen LogP contribution in [0.2, 0.25) is 0 Å².